The van der Waals surface area contributed by atoms with Crippen molar-refractivity contribution in [2.45, 2.75) is 6.42 Å². The Morgan fingerprint density at radius 2 is 2.27 bits per heavy atom. The van der Waals surface area contributed by atoms with Crippen LogP contribution in [-0.4, -0.2) is 35.5 Å². The summed E-state index contributed by atoms with van der Waals surface area (Å²) in [4.78, 5) is 23.3. The van der Waals surface area contributed by atoms with E-state index in [4.69, 9.17) is 9.52 Å². The van der Waals surface area contributed by atoms with Crippen molar-refractivity contribution in [1.82, 2.24) is 4.90 Å². The number of hydrogen-bond acceptors (Lipinski definition) is 3. The molecule has 5 nitrogen and oxygen atoms in total. The number of carbonyl (C=O) groups is 2. The first kappa shape index (κ1) is 11.8. The van der Waals surface area contributed by atoms with E-state index in [1.807, 2.05) is 0 Å². The van der Waals surface area contributed by atoms with E-state index in [1.54, 1.807) is 7.05 Å². The van der Waals surface area contributed by atoms with Crippen LogP contribution in [-0.2, 0) is 4.79 Å². The molecule has 6 heteroatoms. The van der Waals surface area contributed by atoms with Gasteiger partial charge in [-0.3, -0.25) is 9.59 Å². The van der Waals surface area contributed by atoms with Crippen LogP contribution in [0.1, 0.15) is 16.8 Å². The number of furan rings is 1. The molecule has 0 radical (unpaired) electrons. The summed E-state index contributed by atoms with van der Waals surface area (Å²) < 4.78 is 5.27. The molecule has 0 aromatic carbocycles. The maximum atomic E-state index is 11.7. The van der Waals surface area contributed by atoms with Crippen LogP contribution in [0.2, 0.25) is 0 Å². The fourth-order valence-electron chi connectivity index (χ4n) is 1.02. The second-order valence-corrected chi connectivity index (χ2v) is 3.70. The average Bonchev–Trinajstić information content (AvgIpc) is 2.59. The van der Waals surface area contributed by atoms with Gasteiger partial charge in [0.25, 0.3) is 5.91 Å². The Bertz CT molecular complexity index is 374. The van der Waals surface area contributed by atoms with Crippen LogP contribution in [0.15, 0.2) is 21.4 Å². The number of amides is 1. The van der Waals surface area contributed by atoms with Crippen LogP contribution < -0.4 is 0 Å². The van der Waals surface area contributed by atoms with Gasteiger partial charge in [0, 0.05) is 13.6 Å². The molecule has 0 aliphatic carbocycles. The van der Waals surface area contributed by atoms with E-state index in [2.05, 4.69) is 15.9 Å². The molecular weight excluding hydrogens is 266 g/mol. The summed E-state index contributed by atoms with van der Waals surface area (Å²) >= 11 is 3.08. The van der Waals surface area contributed by atoms with Gasteiger partial charge < -0.3 is 14.4 Å². The van der Waals surface area contributed by atoms with Gasteiger partial charge in [-0.15, -0.1) is 0 Å². The second-order valence-electron chi connectivity index (χ2n) is 2.98. The third-order valence-electron chi connectivity index (χ3n) is 1.86. The standard InChI is InChI=1S/C9H10BrNO4/c1-11(4-2-7(12)13)9(14)6-3-5-15-8(6)10/h3,5H,2,4H2,1H3,(H,12,13). The molecule has 1 heterocycles. The molecular formula is C9H10BrNO4. The Hall–Kier alpha value is -1.30. The first-order valence-electron chi connectivity index (χ1n) is 4.22. The first-order chi connectivity index (χ1) is 7.02. The summed E-state index contributed by atoms with van der Waals surface area (Å²) in [5.74, 6) is -1.20. The molecule has 1 amide bonds. The average molecular weight is 276 g/mol. The summed E-state index contributed by atoms with van der Waals surface area (Å²) in [6.45, 7) is 0.172. The molecule has 0 fully saturated rings. The molecule has 1 N–H and O–H groups in total. The molecule has 1 rings (SSSR count). The Balaban J connectivity index is 2.61. The van der Waals surface area contributed by atoms with Crippen molar-refractivity contribution in [2.24, 2.45) is 0 Å². The molecule has 0 bridgehead atoms. The molecule has 15 heavy (non-hydrogen) atoms. The number of hydrogen-bond donors (Lipinski definition) is 1. The molecule has 0 saturated carbocycles. The van der Waals surface area contributed by atoms with Crippen LogP contribution in [0, 0.1) is 0 Å². The minimum Gasteiger partial charge on any atom is -0.481 e. The minimum absolute atomic E-state index is 0.0717. The lowest BCUT2D eigenvalue weighted by Gasteiger charge is -2.14. The van der Waals surface area contributed by atoms with E-state index in [-0.39, 0.29) is 18.9 Å². The highest BCUT2D eigenvalue weighted by Crippen LogP contribution is 2.18. The molecule has 1 aromatic heterocycles. The number of halogens is 1. The van der Waals surface area contributed by atoms with Crippen molar-refractivity contribution in [3.63, 3.8) is 0 Å². The predicted molar refractivity (Wildman–Crippen MR) is 55.6 cm³/mol. The fourth-order valence-corrected chi connectivity index (χ4v) is 1.43. The van der Waals surface area contributed by atoms with Gasteiger partial charge in [-0.05, 0) is 22.0 Å². The monoisotopic (exact) mass is 275 g/mol. The SMILES string of the molecule is CN(CCC(=O)O)C(=O)c1ccoc1Br. The van der Waals surface area contributed by atoms with Gasteiger partial charge in [-0.2, -0.15) is 0 Å². The predicted octanol–water partition coefficient (Wildman–Crippen LogP) is 1.59. The van der Waals surface area contributed by atoms with E-state index in [1.165, 1.54) is 17.2 Å². The van der Waals surface area contributed by atoms with Crippen molar-refractivity contribution >= 4 is 27.8 Å². The van der Waals surface area contributed by atoms with E-state index < -0.39 is 5.97 Å². The van der Waals surface area contributed by atoms with Crippen molar-refractivity contribution in [1.29, 1.82) is 0 Å². The molecule has 0 spiro atoms. The van der Waals surface area contributed by atoms with Crippen molar-refractivity contribution < 1.29 is 19.1 Å². The third-order valence-corrected chi connectivity index (χ3v) is 2.47. The van der Waals surface area contributed by atoms with E-state index in [0.717, 1.165) is 0 Å². The normalized spacial score (nSPS) is 10.0. The Kier molecular flexibility index (Phi) is 3.90. The minimum atomic E-state index is -0.930. The third kappa shape index (κ3) is 3.09. The van der Waals surface area contributed by atoms with Gasteiger partial charge in [0.1, 0.15) is 0 Å². The quantitative estimate of drug-likeness (QED) is 0.906. The van der Waals surface area contributed by atoms with Gasteiger partial charge in [-0.25, -0.2) is 0 Å². The Morgan fingerprint density at radius 1 is 1.60 bits per heavy atom. The van der Waals surface area contributed by atoms with Crippen LogP contribution >= 0.6 is 15.9 Å². The second kappa shape index (κ2) is 4.97. The number of carboxylic acid groups (broad SMARTS) is 1. The molecule has 0 atom stereocenters. The maximum Gasteiger partial charge on any atom is 0.305 e. The van der Waals surface area contributed by atoms with E-state index in [0.29, 0.717) is 10.2 Å². The van der Waals surface area contributed by atoms with Crippen molar-refractivity contribution in [3.8, 4) is 0 Å². The lowest BCUT2D eigenvalue weighted by Crippen LogP contribution is -2.28. The molecule has 0 saturated heterocycles. The van der Waals surface area contributed by atoms with Gasteiger partial charge in [0.15, 0.2) is 4.67 Å². The summed E-state index contributed by atoms with van der Waals surface area (Å²) in [6.07, 6.45) is 1.32. The Labute approximate surface area is 94.8 Å². The molecule has 0 aliphatic heterocycles. The number of aliphatic carboxylic acids is 1. The largest absolute Gasteiger partial charge is 0.481 e. The summed E-state index contributed by atoms with van der Waals surface area (Å²) in [6, 6.07) is 1.53. The zero-order chi connectivity index (χ0) is 11.4. The van der Waals surface area contributed by atoms with Crippen LogP contribution in [0.5, 0.6) is 0 Å². The fraction of sp³-hybridized carbons (Fsp3) is 0.333. The van der Waals surface area contributed by atoms with E-state index >= 15 is 0 Å². The number of nitrogens with zero attached hydrogens (tertiary/aromatic N) is 1. The summed E-state index contributed by atoms with van der Waals surface area (Å²) in [5.41, 5.74) is 0.392. The summed E-state index contributed by atoms with van der Waals surface area (Å²) in [5, 5.41) is 8.46. The van der Waals surface area contributed by atoms with Gasteiger partial charge in [0.05, 0.1) is 18.2 Å². The molecule has 1 aromatic rings. The highest BCUT2D eigenvalue weighted by atomic mass is 79.9. The zero-order valence-corrected chi connectivity index (χ0v) is 9.65. The van der Waals surface area contributed by atoms with Gasteiger partial charge in [0.2, 0.25) is 0 Å². The van der Waals surface area contributed by atoms with Crippen molar-refractivity contribution in [3.05, 3.63) is 22.6 Å². The lowest BCUT2D eigenvalue weighted by molar-refractivity contribution is -0.137. The zero-order valence-electron chi connectivity index (χ0n) is 8.07. The molecule has 82 valence electrons. The van der Waals surface area contributed by atoms with Gasteiger partial charge in [-0.1, -0.05) is 0 Å². The molecule has 0 unspecified atom stereocenters. The smallest absolute Gasteiger partial charge is 0.305 e. The van der Waals surface area contributed by atoms with Gasteiger partial charge >= 0.3 is 5.97 Å². The summed E-state index contributed by atoms with van der Waals surface area (Å²) in [7, 11) is 1.55. The van der Waals surface area contributed by atoms with Crippen LogP contribution in [0.3, 0.4) is 0 Å². The number of carbonyl (C=O) groups excluding carboxylic acids is 1. The highest BCUT2D eigenvalue weighted by Gasteiger charge is 2.17. The van der Waals surface area contributed by atoms with Crippen LogP contribution in [0.4, 0.5) is 0 Å². The van der Waals surface area contributed by atoms with Crippen molar-refractivity contribution in [2.75, 3.05) is 13.6 Å². The topological polar surface area (TPSA) is 70.8 Å². The molecule has 0 aliphatic rings. The number of rotatable bonds is 4. The highest BCUT2D eigenvalue weighted by molar-refractivity contribution is 9.10. The Morgan fingerprint density at radius 3 is 2.73 bits per heavy atom. The number of carboxylic acids is 1. The maximum absolute atomic E-state index is 11.7. The lowest BCUT2D eigenvalue weighted by atomic mass is 10.3. The van der Waals surface area contributed by atoms with E-state index in [9.17, 15) is 9.59 Å². The first-order valence-corrected chi connectivity index (χ1v) is 5.02. The van der Waals surface area contributed by atoms with Crippen LogP contribution in [0.25, 0.3) is 0 Å².